The summed E-state index contributed by atoms with van der Waals surface area (Å²) >= 11 is 1.22. The second-order valence-electron chi connectivity index (χ2n) is 4.52. The van der Waals surface area contributed by atoms with Crippen LogP contribution in [-0.4, -0.2) is 58.7 Å². The number of carbonyl (C=O) groups is 3. The molecule has 1 saturated heterocycles. The Bertz CT molecular complexity index is 535. The van der Waals surface area contributed by atoms with E-state index in [-0.39, 0.29) is 17.7 Å². The van der Waals surface area contributed by atoms with Gasteiger partial charge in [0.15, 0.2) is 5.13 Å². The lowest BCUT2D eigenvalue weighted by atomic mass is 10.3. The summed E-state index contributed by atoms with van der Waals surface area (Å²) in [6.07, 6.45) is 0. The molecule has 1 fully saturated rings. The Kier molecular flexibility index (Phi) is 4.33. The van der Waals surface area contributed by atoms with Crippen molar-refractivity contribution in [1.82, 2.24) is 14.8 Å². The van der Waals surface area contributed by atoms with Gasteiger partial charge in [-0.25, -0.2) is 4.98 Å². The van der Waals surface area contributed by atoms with Crippen molar-refractivity contribution >= 4 is 34.2 Å². The maximum Gasteiger partial charge on any atom is 0.273 e. The monoisotopic (exact) mass is 296 g/mol. The molecule has 1 aliphatic heterocycles. The molecule has 20 heavy (non-hydrogen) atoms. The van der Waals surface area contributed by atoms with Gasteiger partial charge in [-0.1, -0.05) is 0 Å². The van der Waals surface area contributed by atoms with E-state index in [1.807, 2.05) is 0 Å². The summed E-state index contributed by atoms with van der Waals surface area (Å²) in [6, 6.07) is 0. The van der Waals surface area contributed by atoms with Crippen molar-refractivity contribution in [2.75, 3.05) is 31.5 Å². The molecule has 8 heteroatoms. The van der Waals surface area contributed by atoms with Crippen molar-refractivity contribution in [3.05, 3.63) is 11.1 Å². The van der Waals surface area contributed by atoms with Gasteiger partial charge in [-0.15, -0.1) is 11.3 Å². The molecule has 2 heterocycles. The molecule has 0 saturated carbocycles. The van der Waals surface area contributed by atoms with Gasteiger partial charge in [0.2, 0.25) is 11.8 Å². The summed E-state index contributed by atoms with van der Waals surface area (Å²) in [5.74, 6) is -0.354. The van der Waals surface area contributed by atoms with Gasteiger partial charge in [0, 0.05) is 45.4 Å². The molecular weight excluding hydrogens is 280 g/mol. The summed E-state index contributed by atoms with van der Waals surface area (Å²) < 4.78 is 0. The third-order valence-electron chi connectivity index (χ3n) is 3.02. The zero-order chi connectivity index (χ0) is 14.7. The summed E-state index contributed by atoms with van der Waals surface area (Å²) in [4.78, 5) is 41.9. The topological polar surface area (TPSA) is 82.6 Å². The number of hydrogen-bond donors (Lipinski definition) is 1. The Morgan fingerprint density at radius 1 is 1.15 bits per heavy atom. The van der Waals surface area contributed by atoms with Crippen LogP contribution < -0.4 is 5.32 Å². The number of nitrogens with zero attached hydrogens (tertiary/aromatic N) is 3. The SMILES string of the molecule is CC(=O)Nc1nc(C(=O)N2CCN(C(C)=O)CC2)cs1. The van der Waals surface area contributed by atoms with Gasteiger partial charge in [-0.05, 0) is 0 Å². The number of nitrogens with one attached hydrogen (secondary N) is 1. The molecule has 1 N–H and O–H groups in total. The van der Waals surface area contributed by atoms with Crippen molar-refractivity contribution in [2.24, 2.45) is 0 Å². The predicted molar refractivity (Wildman–Crippen MR) is 74.6 cm³/mol. The van der Waals surface area contributed by atoms with Crippen LogP contribution in [-0.2, 0) is 9.59 Å². The van der Waals surface area contributed by atoms with E-state index in [4.69, 9.17) is 0 Å². The van der Waals surface area contributed by atoms with E-state index in [9.17, 15) is 14.4 Å². The molecular formula is C12H16N4O3S. The first-order chi connectivity index (χ1) is 9.47. The molecule has 108 valence electrons. The van der Waals surface area contributed by atoms with Crippen LogP contribution in [0.15, 0.2) is 5.38 Å². The number of carbonyl (C=O) groups excluding carboxylic acids is 3. The molecule has 0 bridgehead atoms. The molecule has 0 aliphatic carbocycles. The first-order valence-electron chi connectivity index (χ1n) is 6.25. The zero-order valence-corrected chi connectivity index (χ0v) is 12.2. The largest absolute Gasteiger partial charge is 0.339 e. The fourth-order valence-electron chi connectivity index (χ4n) is 1.97. The standard InChI is InChI=1S/C12H16N4O3S/c1-8(17)13-12-14-10(7-20-12)11(19)16-5-3-15(4-6-16)9(2)18/h7H,3-6H2,1-2H3,(H,13,14,17). The first-order valence-corrected chi connectivity index (χ1v) is 7.13. The molecule has 7 nitrogen and oxygen atoms in total. The van der Waals surface area contributed by atoms with Gasteiger partial charge in [-0.2, -0.15) is 0 Å². The van der Waals surface area contributed by atoms with Crippen LogP contribution in [0.5, 0.6) is 0 Å². The van der Waals surface area contributed by atoms with E-state index in [0.29, 0.717) is 37.0 Å². The van der Waals surface area contributed by atoms with E-state index in [1.165, 1.54) is 25.2 Å². The van der Waals surface area contributed by atoms with E-state index in [2.05, 4.69) is 10.3 Å². The maximum atomic E-state index is 12.2. The highest BCUT2D eigenvalue weighted by molar-refractivity contribution is 7.14. The third kappa shape index (κ3) is 3.32. The van der Waals surface area contributed by atoms with Gasteiger partial charge < -0.3 is 15.1 Å². The highest BCUT2D eigenvalue weighted by Crippen LogP contribution is 2.17. The number of aromatic nitrogens is 1. The van der Waals surface area contributed by atoms with Gasteiger partial charge in [0.05, 0.1) is 0 Å². The van der Waals surface area contributed by atoms with Gasteiger partial charge in [-0.3, -0.25) is 14.4 Å². The highest BCUT2D eigenvalue weighted by atomic mass is 32.1. The van der Waals surface area contributed by atoms with Crippen LogP contribution in [0.4, 0.5) is 5.13 Å². The summed E-state index contributed by atoms with van der Waals surface area (Å²) in [5, 5.41) is 4.60. The van der Waals surface area contributed by atoms with Crippen LogP contribution in [0.25, 0.3) is 0 Å². The Labute approximate surface area is 120 Å². The molecule has 1 aliphatic rings. The van der Waals surface area contributed by atoms with E-state index >= 15 is 0 Å². The number of piperazine rings is 1. The van der Waals surface area contributed by atoms with Crippen molar-refractivity contribution in [3.63, 3.8) is 0 Å². The van der Waals surface area contributed by atoms with Crippen molar-refractivity contribution in [3.8, 4) is 0 Å². The molecule has 0 spiro atoms. The molecule has 0 aromatic carbocycles. The lowest BCUT2D eigenvalue weighted by Crippen LogP contribution is -2.50. The number of thiazole rings is 1. The smallest absolute Gasteiger partial charge is 0.273 e. The minimum Gasteiger partial charge on any atom is -0.339 e. The third-order valence-corrected chi connectivity index (χ3v) is 3.78. The van der Waals surface area contributed by atoms with Crippen molar-refractivity contribution < 1.29 is 14.4 Å². The summed E-state index contributed by atoms with van der Waals surface area (Å²) in [6.45, 7) is 5.02. The molecule has 0 radical (unpaired) electrons. The Hall–Kier alpha value is -1.96. The molecule has 0 atom stereocenters. The van der Waals surface area contributed by atoms with Crippen LogP contribution in [0.1, 0.15) is 24.3 Å². The normalized spacial score (nSPS) is 15.1. The average Bonchev–Trinajstić information content (AvgIpc) is 2.85. The lowest BCUT2D eigenvalue weighted by Gasteiger charge is -2.33. The molecule has 3 amide bonds. The fraction of sp³-hybridized carbons (Fsp3) is 0.500. The van der Waals surface area contributed by atoms with Crippen LogP contribution in [0, 0.1) is 0 Å². The van der Waals surface area contributed by atoms with E-state index in [0.717, 1.165) is 0 Å². The molecule has 1 aromatic heterocycles. The second kappa shape index (κ2) is 6.00. The predicted octanol–water partition coefficient (Wildman–Crippen LogP) is 0.406. The zero-order valence-electron chi connectivity index (χ0n) is 11.4. The molecule has 0 unspecified atom stereocenters. The fourth-order valence-corrected chi connectivity index (χ4v) is 2.70. The number of amides is 3. The summed E-state index contributed by atoms with van der Waals surface area (Å²) in [5.41, 5.74) is 0.329. The quantitative estimate of drug-likeness (QED) is 0.856. The second-order valence-corrected chi connectivity index (χ2v) is 5.38. The lowest BCUT2D eigenvalue weighted by molar-refractivity contribution is -0.130. The van der Waals surface area contributed by atoms with E-state index < -0.39 is 0 Å². The van der Waals surface area contributed by atoms with Gasteiger partial charge in [0.1, 0.15) is 5.69 Å². The first kappa shape index (κ1) is 14.4. The Balaban J connectivity index is 1.96. The number of anilines is 1. The van der Waals surface area contributed by atoms with Crippen LogP contribution in [0.3, 0.4) is 0 Å². The average molecular weight is 296 g/mol. The maximum absolute atomic E-state index is 12.2. The Morgan fingerprint density at radius 3 is 2.30 bits per heavy atom. The van der Waals surface area contributed by atoms with Crippen LogP contribution >= 0.6 is 11.3 Å². The van der Waals surface area contributed by atoms with Crippen LogP contribution in [0.2, 0.25) is 0 Å². The minimum atomic E-state index is -0.214. The van der Waals surface area contributed by atoms with Crippen molar-refractivity contribution in [2.45, 2.75) is 13.8 Å². The Morgan fingerprint density at radius 2 is 1.75 bits per heavy atom. The van der Waals surface area contributed by atoms with Gasteiger partial charge >= 0.3 is 0 Å². The van der Waals surface area contributed by atoms with Crippen molar-refractivity contribution in [1.29, 1.82) is 0 Å². The number of hydrogen-bond acceptors (Lipinski definition) is 5. The minimum absolute atomic E-state index is 0.0266. The molecule has 1 aromatic rings. The van der Waals surface area contributed by atoms with Gasteiger partial charge in [0.25, 0.3) is 5.91 Å². The van der Waals surface area contributed by atoms with E-state index in [1.54, 1.807) is 15.2 Å². The number of rotatable bonds is 2. The molecule has 2 rings (SSSR count). The summed E-state index contributed by atoms with van der Waals surface area (Å²) in [7, 11) is 0. The highest BCUT2D eigenvalue weighted by Gasteiger charge is 2.24.